The van der Waals surface area contributed by atoms with Crippen molar-refractivity contribution in [3.63, 3.8) is 0 Å². The zero-order valence-corrected chi connectivity index (χ0v) is 12.8. The first-order valence-electron chi connectivity index (χ1n) is 7.59. The third-order valence-corrected chi connectivity index (χ3v) is 4.36. The summed E-state index contributed by atoms with van der Waals surface area (Å²) >= 11 is 0. The molecule has 0 N–H and O–H groups in total. The van der Waals surface area contributed by atoms with Crippen molar-refractivity contribution in [2.45, 2.75) is 26.2 Å². The second-order valence-corrected chi connectivity index (χ2v) is 5.61. The fourth-order valence-electron chi connectivity index (χ4n) is 3.23. The summed E-state index contributed by atoms with van der Waals surface area (Å²) in [6, 6.07) is 17.0. The number of carbonyl (C=O) groups excluding carboxylic acids is 2. The van der Waals surface area contributed by atoms with Crippen molar-refractivity contribution in [2.75, 3.05) is 0 Å². The van der Waals surface area contributed by atoms with Gasteiger partial charge in [-0.15, -0.1) is 0 Å². The fourth-order valence-corrected chi connectivity index (χ4v) is 3.23. The topological polar surface area (TPSA) is 34.1 Å². The van der Waals surface area contributed by atoms with Crippen molar-refractivity contribution in [1.82, 2.24) is 0 Å². The van der Waals surface area contributed by atoms with Gasteiger partial charge in [-0.05, 0) is 18.9 Å². The van der Waals surface area contributed by atoms with E-state index in [1.165, 1.54) is 0 Å². The number of allylic oxidation sites excluding steroid dienone is 2. The normalized spacial score (nSPS) is 15.7. The van der Waals surface area contributed by atoms with E-state index in [1.54, 1.807) is 25.1 Å². The average Bonchev–Trinajstić information content (AvgIpc) is 2.57. The number of rotatable bonds is 3. The molecule has 0 radical (unpaired) electrons. The molecule has 0 aromatic heterocycles. The summed E-state index contributed by atoms with van der Waals surface area (Å²) in [5.41, 5.74) is 3.37. The van der Waals surface area contributed by atoms with E-state index in [-0.39, 0.29) is 17.5 Å². The molecule has 2 aromatic rings. The molecular weight excluding hydrogens is 272 g/mol. The van der Waals surface area contributed by atoms with Crippen LogP contribution in [0.15, 0.2) is 65.7 Å². The lowest BCUT2D eigenvalue weighted by molar-refractivity contribution is 0.0969. The Bertz CT molecular complexity index is 769. The van der Waals surface area contributed by atoms with Gasteiger partial charge in [-0.25, -0.2) is 0 Å². The Morgan fingerprint density at radius 2 is 1.36 bits per heavy atom. The van der Waals surface area contributed by atoms with Crippen LogP contribution in [0.25, 0.3) is 0 Å². The number of hydrogen-bond acceptors (Lipinski definition) is 2. The predicted molar refractivity (Wildman–Crippen MR) is 87.3 cm³/mol. The predicted octanol–water partition coefficient (Wildman–Crippen LogP) is 4.58. The number of fused-ring (bicyclic) bond motifs is 1. The molecule has 22 heavy (non-hydrogen) atoms. The SMILES string of the molecule is CCC(C1=C(C)C(=O)c2ccccc2C1=O)c1ccccc1. The molecule has 0 aliphatic heterocycles. The van der Waals surface area contributed by atoms with E-state index in [2.05, 4.69) is 6.92 Å². The van der Waals surface area contributed by atoms with Gasteiger partial charge in [0.1, 0.15) is 0 Å². The van der Waals surface area contributed by atoms with E-state index < -0.39 is 0 Å². The van der Waals surface area contributed by atoms with Crippen LogP contribution in [-0.2, 0) is 0 Å². The first-order valence-corrected chi connectivity index (χ1v) is 7.59. The quantitative estimate of drug-likeness (QED) is 0.829. The molecule has 110 valence electrons. The summed E-state index contributed by atoms with van der Waals surface area (Å²) in [7, 11) is 0. The Morgan fingerprint density at radius 1 is 0.818 bits per heavy atom. The summed E-state index contributed by atoms with van der Waals surface area (Å²) in [5, 5.41) is 0. The maximum absolute atomic E-state index is 12.9. The van der Waals surface area contributed by atoms with Gasteiger partial charge in [0, 0.05) is 28.2 Å². The Kier molecular flexibility index (Phi) is 3.76. The van der Waals surface area contributed by atoms with Crippen molar-refractivity contribution in [1.29, 1.82) is 0 Å². The Balaban J connectivity index is 2.16. The number of benzene rings is 2. The van der Waals surface area contributed by atoms with Crippen LogP contribution in [0.1, 0.15) is 52.5 Å². The summed E-state index contributed by atoms with van der Waals surface area (Å²) in [6.07, 6.45) is 0.790. The van der Waals surface area contributed by atoms with Gasteiger partial charge in [-0.1, -0.05) is 61.5 Å². The van der Waals surface area contributed by atoms with Crippen LogP contribution in [0.3, 0.4) is 0 Å². The smallest absolute Gasteiger partial charge is 0.190 e. The molecule has 2 nitrogen and oxygen atoms in total. The van der Waals surface area contributed by atoms with Crippen LogP contribution < -0.4 is 0 Å². The molecule has 1 atom stereocenters. The molecule has 1 aliphatic rings. The maximum atomic E-state index is 12.9. The molecule has 2 heteroatoms. The van der Waals surface area contributed by atoms with E-state index in [1.807, 2.05) is 36.4 Å². The zero-order valence-electron chi connectivity index (χ0n) is 12.8. The zero-order chi connectivity index (χ0) is 15.7. The largest absolute Gasteiger partial charge is 0.289 e. The number of carbonyl (C=O) groups is 2. The number of ketones is 2. The van der Waals surface area contributed by atoms with Gasteiger partial charge >= 0.3 is 0 Å². The molecule has 0 fully saturated rings. The summed E-state index contributed by atoms with van der Waals surface area (Å²) in [4.78, 5) is 25.6. The second-order valence-electron chi connectivity index (χ2n) is 5.61. The van der Waals surface area contributed by atoms with E-state index in [0.717, 1.165) is 12.0 Å². The highest BCUT2D eigenvalue weighted by Crippen LogP contribution is 2.36. The molecular formula is C20H18O2. The fraction of sp³-hybridized carbons (Fsp3) is 0.200. The highest BCUT2D eigenvalue weighted by Gasteiger charge is 2.33. The molecule has 0 amide bonds. The number of Topliss-reactive ketones (excluding diaryl/α,β-unsaturated/α-hetero) is 2. The Hall–Kier alpha value is -2.48. The van der Waals surface area contributed by atoms with Gasteiger partial charge < -0.3 is 0 Å². The van der Waals surface area contributed by atoms with Crippen molar-refractivity contribution in [3.8, 4) is 0 Å². The lowest BCUT2D eigenvalue weighted by atomic mass is 9.76. The van der Waals surface area contributed by atoms with Crippen molar-refractivity contribution in [2.24, 2.45) is 0 Å². The first-order chi connectivity index (χ1) is 10.6. The lowest BCUT2D eigenvalue weighted by Gasteiger charge is -2.25. The standard InChI is InChI=1S/C20H18O2/c1-3-15(14-9-5-4-6-10-14)18-13(2)19(21)16-11-7-8-12-17(16)20(18)22/h4-12,15H,3H2,1-2H3. The molecule has 0 saturated heterocycles. The molecule has 0 heterocycles. The minimum atomic E-state index is -0.0361. The molecule has 2 aromatic carbocycles. The van der Waals surface area contributed by atoms with Gasteiger partial charge in [0.2, 0.25) is 0 Å². The molecule has 0 bridgehead atoms. The highest BCUT2D eigenvalue weighted by molar-refractivity contribution is 6.27. The average molecular weight is 290 g/mol. The second kappa shape index (κ2) is 5.72. The van der Waals surface area contributed by atoms with E-state index in [9.17, 15) is 9.59 Å². The Morgan fingerprint density at radius 3 is 1.95 bits per heavy atom. The van der Waals surface area contributed by atoms with Gasteiger partial charge in [-0.2, -0.15) is 0 Å². The molecule has 0 spiro atoms. The van der Waals surface area contributed by atoms with E-state index in [4.69, 9.17) is 0 Å². The monoisotopic (exact) mass is 290 g/mol. The van der Waals surface area contributed by atoms with Gasteiger partial charge in [0.25, 0.3) is 0 Å². The van der Waals surface area contributed by atoms with E-state index in [0.29, 0.717) is 22.3 Å². The maximum Gasteiger partial charge on any atom is 0.190 e. The third kappa shape index (κ3) is 2.21. The summed E-state index contributed by atoms with van der Waals surface area (Å²) in [5.74, 6) is -0.0750. The highest BCUT2D eigenvalue weighted by atomic mass is 16.1. The lowest BCUT2D eigenvalue weighted by Crippen LogP contribution is -2.24. The minimum Gasteiger partial charge on any atom is -0.289 e. The van der Waals surface area contributed by atoms with Crippen LogP contribution in [-0.4, -0.2) is 11.6 Å². The van der Waals surface area contributed by atoms with Crippen LogP contribution >= 0.6 is 0 Å². The van der Waals surface area contributed by atoms with Crippen LogP contribution in [0.5, 0.6) is 0 Å². The van der Waals surface area contributed by atoms with Gasteiger partial charge in [-0.3, -0.25) is 9.59 Å². The van der Waals surface area contributed by atoms with Crippen LogP contribution in [0, 0.1) is 0 Å². The molecule has 3 rings (SSSR count). The molecule has 1 aliphatic carbocycles. The van der Waals surface area contributed by atoms with Gasteiger partial charge in [0.05, 0.1) is 0 Å². The van der Waals surface area contributed by atoms with Crippen LogP contribution in [0.2, 0.25) is 0 Å². The van der Waals surface area contributed by atoms with Crippen molar-refractivity contribution >= 4 is 11.6 Å². The summed E-state index contributed by atoms with van der Waals surface area (Å²) in [6.45, 7) is 3.83. The molecule has 1 unspecified atom stereocenters. The molecule has 0 saturated carbocycles. The third-order valence-electron chi connectivity index (χ3n) is 4.36. The van der Waals surface area contributed by atoms with Crippen molar-refractivity contribution < 1.29 is 9.59 Å². The van der Waals surface area contributed by atoms with Crippen molar-refractivity contribution in [3.05, 3.63) is 82.4 Å². The van der Waals surface area contributed by atoms with Crippen LogP contribution in [0.4, 0.5) is 0 Å². The minimum absolute atomic E-state index is 0.0107. The van der Waals surface area contributed by atoms with Gasteiger partial charge in [0.15, 0.2) is 11.6 Å². The first kappa shape index (κ1) is 14.5. The Labute approximate surface area is 130 Å². The number of hydrogen-bond donors (Lipinski definition) is 0. The van der Waals surface area contributed by atoms with E-state index >= 15 is 0 Å². The summed E-state index contributed by atoms with van der Waals surface area (Å²) < 4.78 is 0.